The van der Waals surface area contributed by atoms with E-state index in [0.717, 1.165) is 42.7 Å². The van der Waals surface area contributed by atoms with Crippen LogP contribution in [-0.2, 0) is 13.0 Å². The van der Waals surface area contributed by atoms with E-state index in [-0.39, 0.29) is 5.91 Å². The Balaban J connectivity index is 1.60. The van der Waals surface area contributed by atoms with Crippen molar-refractivity contribution in [3.63, 3.8) is 0 Å². The first kappa shape index (κ1) is 18.4. The fourth-order valence-electron chi connectivity index (χ4n) is 3.78. The molecule has 0 saturated carbocycles. The summed E-state index contributed by atoms with van der Waals surface area (Å²) in [5.74, 6) is 0.0192. The van der Waals surface area contributed by atoms with E-state index in [9.17, 15) is 4.79 Å². The maximum atomic E-state index is 13.2. The van der Waals surface area contributed by atoms with E-state index in [1.807, 2.05) is 35.4 Å². The second-order valence-electron chi connectivity index (χ2n) is 7.59. The fraction of sp³-hybridized carbons (Fsp3) is 0.250. The number of pyridine rings is 1. The SMILES string of the molecule is CN(C)Cc1ccc(-c2cncc(C(=O)N3CCCc4ccccc43)c2)cc1. The Morgan fingerprint density at radius 3 is 2.61 bits per heavy atom. The van der Waals surface area contributed by atoms with Crippen LogP contribution in [0.25, 0.3) is 11.1 Å². The van der Waals surface area contributed by atoms with Crippen LogP contribution in [0.2, 0.25) is 0 Å². The maximum Gasteiger partial charge on any atom is 0.259 e. The Labute approximate surface area is 166 Å². The molecule has 0 aliphatic carbocycles. The largest absolute Gasteiger partial charge is 0.308 e. The van der Waals surface area contributed by atoms with E-state index < -0.39 is 0 Å². The van der Waals surface area contributed by atoms with Gasteiger partial charge in [0.25, 0.3) is 5.91 Å². The van der Waals surface area contributed by atoms with Gasteiger partial charge in [-0.2, -0.15) is 0 Å². The first-order chi connectivity index (χ1) is 13.6. The van der Waals surface area contributed by atoms with Gasteiger partial charge >= 0.3 is 0 Å². The molecule has 0 unspecified atom stereocenters. The van der Waals surface area contributed by atoms with Gasteiger partial charge in [-0.05, 0) is 55.8 Å². The van der Waals surface area contributed by atoms with E-state index in [0.29, 0.717) is 5.56 Å². The molecule has 4 rings (SSSR count). The van der Waals surface area contributed by atoms with E-state index >= 15 is 0 Å². The Morgan fingerprint density at radius 2 is 1.82 bits per heavy atom. The van der Waals surface area contributed by atoms with Crippen molar-refractivity contribution in [2.45, 2.75) is 19.4 Å². The normalized spacial score (nSPS) is 13.5. The van der Waals surface area contributed by atoms with Crippen LogP contribution in [0.1, 0.15) is 27.9 Å². The van der Waals surface area contributed by atoms with Crippen molar-refractivity contribution >= 4 is 11.6 Å². The fourth-order valence-corrected chi connectivity index (χ4v) is 3.78. The van der Waals surface area contributed by atoms with E-state index in [2.05, 4.69) is 54.3 Å². The molecular formula is C24H25N3O. The van der Waals surface area contributed by atoms with Gasteiger partial charge in [-0.25, -0.2) is 0 Å². The average molecular weight is 371 g/mol. The lowest BCUT2D eigenvalue weighted by molar-refractivity contribution is 0.0985. The minimum absolute atomic E-state index is 0.0192. The molecule has 2 heterocycles. The summed E-state index contributed by atoms with van der Waals surface area (Å²) < 4.78 is 0. The van der Waals surface area contributed by atoms with Crippen LogP contribution in [0.4, 0.5) is 5.69 Å². The number of fused-ring (bicyclic) bond motifs is 1. The molecule has 0 bridgehead atoms. The molecule has 3 aromatic rings. The zero-order valence-corrected chi connectivity index (χ0v) is 16.4. The molecule has 0 spiro atoms. The zero-order chi connectivity index (χ0) is 19.5. The van der Waals surface area contributed by atoms with Crippen LogP contribution in [0.3, 0.4) is 0 Å². The van der Waals surface area contributed by atoms with Gasteiger partial charge in [0.15, 0.2) is 0 Å². The minimum atomic E-state index is 0.0192. The van der Waals surface area contributed by atoms with Crippen LogP contribution >= 0.6 is 0 Å². The molecular weight excluding hydrogens is 346 g/mol. The molecule has 142 valence electrons. The highest BCUT2D eigenvalue weighted by atomic mass is 16.2. The Morgan fingerprint density at radius 1 is 1.04 bits per heavy atom. The van der Waals surface area contributed by atoms with Crippen molar-refractivity contribution in [1.29, 1.82) is 0 Å². The maximum absolute atomic E-state index is 13.2. The molecule has 0 radical (unpaired) electrons. The topological polar surface area (TPSA) is 36.4 Å². The van der Waals surface area contributed by atoms with Crippen molar-refractivity contribution in [2.75, 3.05) is 25.5 Å². The number of aromatic nitrogens is 1. The molecule has 1 aliphatic rings. The number of amides is 1. The Kier molecular flexibility index (Phi) is 5.22. The number of hydrogen-bond acceptors (Lipinski definition) is 3. The van der Waals surface area contributed by atoms with Gasteiger partial charge in [-0.15, -0.1) is 0 Å². The zero-order valence-electron chi connectivity index (χ0n) is 16.4. The predicted molar refractivity (Wildman–Crippen MR) is 114 cm³/mol. The van der Waals surface area contributed by atoms with Gasteiger partial charge in [-0.1, -0.05) is 42.5 Å². The van der Waals surface area contributed by atoms with Gasteiger partial charge in [0.2, 0.25) is 0 Å². The third kappa shape index (κ3) is 3.82. The standard InChI is InChI=1S/C24H25N3O/c1-26(2)17-18-9-11-19(12-10-18)21-14-22(16-25-15-21)24(28)27-13-5-7-20-6-3-4-8-23(20)27/h3-4,6,8-12,14-16H,5,7,13,17H2,1-2H3. The van der Waals surface area contributed by atoms with Gasteiger partial charge in [-0.3, -0.25) is 9.78 Å². The number of anilines is 1. The lowest BCUT2D eigenvalue weighted by Gasteiger charge is -2.29. The first-order valence-electron chi connectivity index (χ1n) is 9.71. The lowest BCUT2D eigenvalue weighted by Crippen LogP contribution is -2.35. The molecule has 4 heteroatoms. The molecule has 0 atom stereocenters. The molecule has 0 N–H and O–H groups in total. The molecule has 0 fully saturated rings. The Bertz CT molecular complexity index is 979. The molecule has 2 aromatic carbocycles. The van der Waals surface area contributed by atoms with Gasteiger partial charge in [0.1, 0.15) is 0 Å². The number of rotatable bonds is 4. The molecule has 28 heavy (non-hydrogen) atoms. The highest BCUT2D eigenvalue weighted by Crippen LogP contribution is 2.29. The van der Waals surface area contributed by atoms with Crippen LogP contribution in [0, 0.1) is 0 Å². The molecule has 0 saturated heterocycles. The van der Waals surface area contributed by atoms with Gasteiger partial charge in [0.05, 0.1) is 5.56 Å². The van der Waals surface area contributed by atoms with Crippen LogP contribution in [0.5, 0.6) is 0 Å². The molecule has 4 nitrogen and oxygen atoms in total. The first-order valence-corrected chi connectivity index (χ1v) is 9.71. The number of hydrogen-bond donors (Lipinski definition) is 0. The number of benzene rings is 2. The number of carbonyl (C=O) groups excluding carboxylic acids is 1. The summed E-state index contributed by atoms with van der Waals surface area (Å²) in [4.78, 5) is 21.6. The Hall–Kier alpha value is -2.98. The van der Waals surface area contributed by atoms with Crippen molar-refractivity contribution in [3.05, 3.63) is 83.7 Å². The van der Waals surface area contributed by atoms with Crippen LogP contribution in [-0.4, -0.2) is 36.4 Å². The summed E-state index contributed by atoms with van der Waals surface area (Å²) >= 11 is 0. The summed E-state index contributed by atoms with van der Waals surface area (Å²) in [6.45, 7) is 1.66. The van der Waals surface area contributed by atoms with Gasteiger partial charge < -0.3 is 9.80 Å². The van der Waals surface area contributed by atoms with E-state index in [1.54, 1.807) is 6.20 Å². The van der Waals surface area contributed by atoms with E-state index in [1.165, 1.54) is 11.1 Å². The summed E-state index contributed by atoms with van der Waals surface area (Å²) in [6.07, 6.45) is 5.51. The summed E-state index contributed by atoms with van der Waals surface area (Å²) in [5, 5.41) is 0. The summed E-state index contributed by atoms with van der Waals surface area (Å²) in [6, 6.07) is 18.6. The van der Waals surface area contributed by atoms with Crippen molar-refractivity contribution in [2.24, 2.45) is 0 Å². The van der Waals surface area contributed by atoms with Gasteiger partial charge in [0, 0.05) is 36.7 Å². The predicted octanol–water partition coefficient (Wildman–Crippen LogP) is 4.40. The second-order valence-corrected chi connectivity index (χ2v) is 7.59. The number of carbonyl (C=O) groups is 1. The molecule has 1 aliphatic heterocycles. The van der Waals surface area contributed by atoms with Crippen molar-refractivity contribution in [3.8, 4) is 11.1 Å². The quantitative estimate of drug-likeness (QED) is 0.682. The monoisotopic (exact) mass is 371 g/mol. The van der Waals surface area contributed by atoms with Crippen molar-refractivity contribution < 1.29 is 4.79 Å². The minimum Gasteiger partial charge on any atom is -0.308 e. The third-order valence-corrected chi connectivity index (χ3v) is 5.13. The van der Waals surface area contributed by atoms with Crippen LogP contribution < -0.4 is 4.90 Å². The highest BCUT2D eigenvalue weighted by molar-refractivity contribution is 6.07. The van der Waals surface area contributed by atoms with E-state index in [4.69, 9.17) is 0 Å². The van der Waals surface area contributed by atoms with Crippen LogP contribution in [0.15, 0.2) is 67.0 Å². The lowest BCUT2D eigenvalue weighted by atomic mass is 10.00. The summed E-state index contributed by atoms with van der Waals surface area (Å²) in [7, 11) is 4.12. The number of nitrogens with zero attached hydrogens (tertiary/aromatic N) is 3. The number of aryl methyl sites for hydroxylation is 1. The van der Waals surface area contributed by atoms with Crippen molar-refractivity contribution in [1.82, 2.24) is 9.88 Å². The molecule has 1 amide bonds. The molecule has 1 aromatic heterocycles. The highest BCUT2D eigenvalue weighted by Gasteiger charge is 2.23. The number of para-hydroxylation sites is 1. The smallest absolute Gasteiger partial charge is 0.259 e. The third-order valence-electron chi connectivity index (χ3n) is 5.13. The second kappa shape index (κ2) is 7.95. The average Bonchev–Trinajstić information content (AvgIpc) is 2.73. The summed E-state index contributed by atoms with van der Waals surface area (Å²) in [5.41, 5.74) is 6.20.